The predicted octanol–water partition coefficient (Wildman–Crippen LogP) is 2.86. The van der Waals surface area contributed by atoms with Crippen LogP contribution in [0.2, 0.25) is 0 Å². The monoisotopic (exact) mass is 522 g/mol. The van der Waals surface area contributed by atoms with Crippen molar-refractivity contribution in [3.8, 4) is 0 Å². The molecule has 3 N–H and O–H groups in total. The summed E-state index contributed by atoms with van der Waals surface area (Å²) in [6.07, 6.45) is 5.40. The van der Waals surface area contributed by atoms with Gasteiger partial charge in [0.05, 0.1) is 11.9 Å². The minimum absolute atomic E-state index is 0. The van der Waals surface area contributed by atoms with Crippen LogP contribution in [0.1, 0.15) is 25.3 Å². The third-order valence-electron chi connectivity index (χ3n) is 4.85. The fourth-order valence-electron chi connectivity index (χ4n) is 3.38. The second-order valence-corrected chi connectivity index (χ2v) is 7.17. The number of likely N-dealkylation sites (tertiary alicyclic amines) is 1. The summed E-state index contributed by atoms with van der Waals surface area (Å²) in [6, 6.07) is 14.5. The number of aromatic nitrogens is 1. The van der Waals surface area contributed by atoms with E-state index in [9.17, 15) is 4.79 Å². The smallest absolute Gasteiger partial charge is 0.246 e. The van der Waals surface area contributed by atoms with Crippen LogP contribution in [-0.4, -0.2) is 54.0 Å². The van der Waals surface area contributed by atoms with Crippen molar-refractivity contribution in [1.29, 1.82) is 0 Å². The van der Waals surface area contributed by atoms with Crippen molar-refractivity contribution in [2.24, 2.45) is 4.99 Å². The molecular weight excluding hydrogens is 491 g/mol. The fourth-order valence-corrected chi connectivity index (χ4v) is 3.38. The molecule has 8 heteroatoms. The molecule has 0 radical (unpaired) electrons. The van der Waals surface area contributed by atoms with E-state index in [1.165, 1.54) is 5.56 Å². The molecule has 30 heavy (non-hydrogen) atoms. The van der Waals surface area contributed by atoms with Gasteiger partial charge in [-0.2, -0.15) is 0 Å². The molecule has 1 amide bonds. The molecule has 2 aromatic rings. The number of guanidine groups is 1. The van der Waals surface area contributed by atoms with Crippen molar-refractivity contribution in [3.63, 3.8) is 0 Å². The van der Waals surface area contributed by atoms with Crippen molar-refractivity contribution in [2.75, 3.05) is 31.5 Å². The van der Waals surface area contributed by atoms with Crippen LogP contribution in [0.5, 0.6) is 0 Å². The second-order valence-electron chi connectivity index (χ2n) is 7.17. The Balaban J connectivity index is 0.00000320. The molecule has 0 saturated carbocycles. The molecule has 1 aromatic heterocycles. The number of aliphatic imine (C=N–C) groups is 1. The number of amides is 1. The Hall–Kier alpha value is -2.20. The maximum absolute atomic E-state index is 12.1. The lowest BCUT2D eigenvalue weighted by Gasteiger charge is -2.33. The topological polar surface area (TPSA) is 81.6 Å². The van der Waals surface area contributed by atoms with Crippen LogP contribution in [0.4, 0.5) is 5.69 Å². The number of carbonyl (C=O) groups excluding carboxylic acids is 1. The first-order valence-electron chi connectivity index (χ1n) is 10.2. The third kappa shape index (κ3) is 8.27. The van der Waals surface area contributed by atoms with E-state index in [0.29, 0.717) is 17.7 Å². The van der Waals surface area contributed by atoms with E-state index in [1.807, 2.05) is 6.92 Å². The van der Waals surface area contributed by atoms with Crippen LogP contribution in [0, 0.1) is 0 Å². The number of piperidine rings is 1. The molecule has 1 saturated heterocycles. The molecule has 0 aliphatic carbocycles. The molecule has 0 unspecified atom stereocenters. The quantitative estimate of drug-likeness (QED) is 0.296. The average Bonchev–Trinajstić information content (AvgIpc) is 2.75. The largest absolute Gasteiger partial charge is 0.357 e. The van der Waals surface area contributed by atoms with Gasteiger partial charge in [0, 0.05) is 38.4 Å². The van der Waals surface area contributed by atoms with Gasteiger partial charge in [-0.15, -0.1) is 24.0 Å². The minimum Gasteiger partial charge on any atom is -0.357 e. The fraction of sp³-hybridized carbons (Fsp3) is 0.409. The van der Waals surface area contributed by atoms with E-state index in [2.05, 4.69) is 61.2 Å². The molecule has 1 aliphatic heterocycles. The van der Waals surface area contributed by atoms with E-state index >= 15 is 0 Å². The highest BCUT2D eigenvalue weighted by molar-refractivity contribution is 14.0. The molecule has 7 nitrogen and oxygen atoms in total. The average molecular weight is 522 g/mol. The van der Waals surface area contributed by atoms with E-state index in [0.717, 1.165) is 39.0 Å². The van der Waals surface area contributed by atoms with Gasteiger partial charge < -0.3 is 16.0 Å². The van der Waals surface area contributed by atoms with E-state index in [4.69, 9.17) is 0 Å². The summed E-state index contributed by atoms with van der Waals surface area (Å²) in [7, 11) is 0. The Morgan fingerprint density at radius 3 is 2.60 bits per heavy atom. The molecule has 2 heterocycles. The number of nitrogens with one attached hydrogen (secondary N) is 3. The lowest BCUT2D eigenvalue weighted by molar-refractivity contribution is -0.114. The molecule has 162 valence electrons. The van der Waals surface area contributed by atoms with Gasteiger partial charge in [0.1, 0.15) is 6.54 Å². The van der Waals surface area contributed by atoms with Crippen LogP contribution in [0.15, 0.2) is 59.9 Å². The zero-order valence-electron chi connectivity index (χ0n) is 17.4. The predicted molar refractivity (Wildman–Crippen MR) is 132 cm³/mol. The number of rotatable bonds is 7. The van der Waals surface area contributed by atoms with Gasteiger partial charge >= 0.3 is 0 Å². The number of hydrogen-bond acceptors (Lipinski definition) is 4. The third-order valence-corrected chi connectivity index (χ3v) is 4.85. The van der Waals surface area contributed by atoms with Crippen molar-refractivity contribution < 1.29 is 4.79 Å². The summed E-state index contributed by atoms with van der Waals surface area (Å²) in [6.45, 7) is 5.94. The number of carbonyl (C=O) groups is 1. The van der Waals surface area contributed by atoms with Crippen LogP contribution in [-0.2, 0) is 11.3 Å². The van der Waals surface area contributed by atoms with E-state index in [1.54, 1.807) is 24.5 Å². The molecule has 0 bridgehead atoms. The van der Waals surface area contributed by atoms with Gasteiger partial charge in [0.15, 0.2) is 5.96 Å². The maximum atomic E-state index is 12.1. The van der Waals surface area contributed by atoms with Crippen LogP contribution >= 0.6 is 24.0 Å². The zero-order valence-corrected chi connectivity index (χ0v) is 19.7. The minimum atomic E-state index is -0.159. The molecule has 3 rings (SSSR count). The van der Waals surface area contributed by atoms with Gasteiger partial charge in [-0.05, 0) is 37.5 Å². The summed E-state index contributed by atoms with van der Waals surface area (Å²) in [4.78, 5) is 23.0. The number of hydrogen-bond donors (Lipinski definition) is 3. The first-order valence-corrected chi connectivity index (χ1v) is 10.2. The molecule has 1 fully saturated rings. The number of nitrogens with zero attached hydrogens (tertiary/aromatic N) is 3. The van der Waals surface area contributed by atoms with Gasteiger partial charge in [0.25, 0.3) is 0 Å². The number of pyridine rings is 1. The van der Waals surface area contributed by atoms with Crippen LogP contribution < -0.4 is 16.0 Å². The molecule has 0 atom stereocenters. The summed E-state index contributed by atoms with van der Waals surface area (Å²) < 4.78 is 0. The first kappa shape index (κ1) is 24.1. The summed E-state index contributed by atoms with van der Waals surface area (Å²) in [5.74, 6) is 0.531. The van der Waals surface area contributed by atoms with Gasteiger partial charge in [-0.3, -0.25) is 14.7 Å². The number of anilines is 1. The maximum Gasteiger partial charge on any atom is 0.246 e. The van der Waals surface area contributed by atoms with Gasteiger partial charge in [-0.25, -0.2) is 4.99 Å². The first-order chi connectivity index (χ1) is 14.2. The highest BCUT2D eigenvalue weighted by Crippen LogP contribution is 2.13. The van der Waals surface area contributed by atoms with E-state index < -0.39 is 0 Å². The highest BCUT2D eigenvalue weighted by atomic mass is 127. The Labute approximate surface area is 195 Å². The molecule has 1 aromatic carbocycles. The Morgan fingerprint density at radius 2 is 1.93 bits per heavy atom. The summed E-state index contributed by atoms with van der Waals surface area (Å²) in [5, 5.41) is 9.51. The van der Waals surface area contributed by atoms with Crippen molar-refractivity contribution >= 4 is 41.5 Å². The summed E-state index contributed by atoms with van der Waals surface area (Å²) >= 11 is 0. The second kappa shape index (κ2) is 13.2. The van der Waals surface area contributed by atoms with Crippen molar-refractivity contribution in [1.82, 2.24) is 20.5 Å². The normalized spacial score (nSPS) is 15.2. The lowest BCUT2D eigenvalue weighted by atomic mass is 10.0. The van der Waals surface area contributed by atoms with Crippen molar-refractivity contribution in [3.05, 3.63) is 60.4 Å². The summed E-state index contributed by atoms with van der Waals surface area (Å²) in [5.41, 5.74) is 2.03. The molecule has 0 spiro atoms. The Bertz CT molecular complexity index is 779. The highest BCUT2D eigenvalue weighted by Gasteiger charge is 2.20. The van der Waals surface area contributed by atoms with Crippen molar-refractivity contribution in [2.45, 2.75) is 32.4 Å². The van der Waals surface area contributed by atoms with Crippen LogP contribution in [0.3, 0.4) is 0 Å². The number of benzene rings is 1. The lowest BCUT2D eigenvalue weighted by Crippen LogP contribution is -2.48. The molecular formula is C22H31IN6O. The number of halogens is 1. The van der Waals surface area contributed by atoms with Crippen LogP contribution in [0.25, 0.3) is 0 Å². The Morgan fingerprint density at radius 1 is 1.17 bits per heavy atom. The van der Waals surface area contributed by atoms with Gasteiger partial charge in [-0.1, -0.05) is 30.3 Å². The van der Waals surface area contributed by atoms with Gasteiger partial charge in [0.2, 0.25) is 5.91 Å². The zero-order chi connectivity index (χ0) is 20.3. The van der Waals surface area contributed by atoms with E-state index in [-0.39, 0.29) is 36.4 Å². The SMILES string of the molecule is CCNC(=NCC(=O)Nc1cccnc1)NC1CCN(Cc2ccccc2)CC1.I. The molecule has 1 aliphatic rings. The standard InChI is InChI=1S/C22H30N6O.HI/c1-2-24-22(25-16-21(29)26-20-9-6-12-23-15-20)27-19-10-13-28(14-11-19)17-18-7-4-3-5-8-18;/h3-9,12,15,19H,2,10-11,13-14,16-17H2,1H3,(H,26,29)(H2,24,25,27);1H. The Kier molecular flexibility index (Phi) is 10.6.